The Bertz CT molecular complexity index is 990. The van der Waals surface area contributed by atoms with Gasteiger partial charge >= 0.3 is 21.7 Å². The van der Waals surface area contributed by atoms with Crippen LogP contribution in [-0.4, -0.2) is 42.3 Å². The van der Waals surface area contributed by atoms with Crippen LogP contribution in [0.25, 0.3) is 38.9 Å². The van der Waals surface area contributed by atoms with E-state index in [9.17, 15) is 0 Å². The van der Waals surface area contributed by atoms with Crippen molar-refractivity contribution in [2.75, 3.05) is 42.3 Å². The Balaban J connectivity index is 0. The van der Waals surface area contributed by atoms with Crippen LogP contribution in [0.3, 0.4) is 0 Å². The second-order valence-electron chi connectivity index (χ2n) is 8.04. The van der Waals surface area contributed by atoms with E-state index in [2.05, 4.69) is 145 Å². The van der Waals surface area contributed by atoms with Crippen molar-refractivity contribution in [3.8, 4) is 0 Å². The Morgan fingerprint density at radius 1 is 0.541 bits per heavy atom. The zero-order chi connectivity index (χ0) is 27.0. The summed E-state index contributed by atoms with van der Waals surface area (Å²) in [5, 5.41) is 13.2. The quantitative estimate of drug-likeness (QED) is 0.144. The van der Waals surface area contributed by atoms with Crippen molar-refractivity contribution in [1.82, 2.24) is 0 Å². The van der Waals surface area contributed by atoms with Crippen molar-refractivity contribution in [3.05, 3.63) is 141 Å². The molecule has 4 aromatic rings. The van der Waals surface area contributed by atoms with Gasteiger partial charge in [-0.3, -0.25) is 0 Å². The van der Waals surface area contributed by atoms with Gasteiger partial charge in [-0.1, -0.05) is 90.0 Å². The Kier molecular flexibility index (Phi) is 24.7. The summed E-state index contributed by atoms with van der Waals surface area (Å²) in [5.74, 6) is 0. The number of hydrogen-bond acceptors (Lipinski definition) is 0. The summed E-state index contributed by atoms with van der Waals surface area (Å²) in [5.41, 5.74) is 5.05. The summed E-state index contributed by atoms with van der Waals surface area (Å²) in [7, 11) is 10.5. The molecule has 0 spiro atoms. The normalized spacial score (nSPS) is 9.51. The van der Waals surface area contributed by atoms with Gasteiger partial charge in [0, 0.05) is 0 Å². The van der Waals surface area contributed by atoms with Gasteiger partial charge in [0.25, 0.3) is 0 Å². The molecule has 0 saturated carbocycles. The van der Waals surface area contributed by atoms with Crippen LogP contribution >= 0.6 is 0 Å². The second-order valence-corrected chi connectivity index (χ2v) is 8.04. The molecule has 0 aliphatic carbocycles. The average Bonchev–Trinajstić information content (AvgIpc) is 3.35. The Morgan fingerprint density at radius 3 is 1.30 bits per heavy atom. The molecule has 0 bridgehead atoms. The molecule has 0 aliphatic rings. The zero-order valence-corrected chi connectivity index (χ0v) is 25.4. The smallest absolute Gasteiger partial charge is 0.668 e. The van der Waals surface area contributed by atoms with Crippen LogP contribution in [-0.2, 0) is 21.7 Å². The number of hydrogen-bond donors (Lipinski definition) is 0. The predicted molar refractivity (Wildman–Crippen MR) is 166 cm³/mol. The van der Waals surface area contributed by atoms with Gasteiger partial charge in [0.15, 0.2) is 0 Å². The minimum absolute atomic E-state index is 0. The van der Waals surface area contributed by atoms with E-state index in [1.807, 2.05) is 0 Å². The molecule has 194 valence electrons. The third-order valence-electron chi connectivity index (χ3n) is 4.39. The molecule has 0 saturated heterocycles. The Labute approximate surface area is 241 Å². The maximum absolute atomic E-state index is 3.50. The first-order chi connectivity index (χ1) is 17.4. The third-order valence-corrected chi connectivity index (χ3v) is 4.39. The number of allylic oxidation sites excluding steroid dienone is 2. The summed E-state index contributed by atoms with van der Waals surface area (Å²) in [4.78, 5) is 0. The molecule has 0 heterocycles. The van der Waals surface area contributed by atoms with Crippen LogP contribution in [0, 0.1) is 13.8 Å². The number of benzene rings is 3. The van der Waals surface area contributed by atoms with Crippen molar-refractivity contribution in [2.45, 2.75) is 13.8 Å². The molecule has 3 nitrogen and oxygen atoms in total. The molecule has 0 aliphatic heterocycles. The molecule has 4 aromatic carbocycles. The van der Waals surface area contributed by atoms with E-state index in [-0.39, 0.29) is 21.7 Å². The molecule has 4 rings (SSSR count). The summed E-state index contributed by atoms with van der Waals surface area (Å²) in [6, 6.07) is 31.7. The van der Waals surface area contributed by atoms with Gasteiger partial charge < -0.3 is 16.0 Å². The summed E-state index contributed by atoms with van der Waals surface area (Å²) in [6.45, 7) is 4.20. The molecule has 0 unspecified atom stereocenters. The maximum Gasteiger partial charge on any atom is 4.00 e. The topological polar surface area (TPSA) is 42.3 Å². The van der Waals surface area contributed by atoms with Crippen molar-refractivity contribution < 1.29 is 21.7 Å². The number of rotatable bonds is 3. The number of fused-ring (bicyclic) bond motifs is 1. The number of nitrogens with zero attached hydrogens (tertiary/aromatic N) is 3. The van der Waals surface area contributed by atoms with Crippen LogP contribution in [0.15, 0.2) is 103 Å². The van der Waals surface area contributed by atoms with Gasteiger partial charge in [0.1, 0.15) is 0 Å². The molecular formula is C33H43N3Ti. The minimum Gasteiger partial charge on any atom is -0.668 e. The fraction of sp³-hybridized carbons (Fsp3) is 0.242. The summed E-state index contributed by atoms with van der Waals surface area (Å²) in [6.07, 6.45) is 8.38. The van der Waals surface area contributed by atoms with E-state index in [0.29, 0.717) is 0 Å². The Morgan fingerprint density at radius 2 is 0.919 bits per heavy atom. The SMILES string of the molecule is C[N-]C.C[N-]C.C[N-]C.Cc1ccc(C=CC=Cc2ccc(C)cc2)cc1.[Ti+4].c1ccc2[cH-]ccc2c1. The van der Waals surface area contributed by atoms with Gasteiger partial charge in [-0.25, -0.2) is 0 Å². The minimum atomic E-state index is 0. The fourth-order valence-electron chi connectivity index (χ4n) is 2.76. The van der Waals surface area contributed by atoms with Gasteiger partial charge in [-0.15, -0.1) is 29.7 Å². The van der Waals surface area contributed by atoms with E-state index in [1.54, 1.807) is 42.3 Å². The first kappa shape index (κ1) is 36.5. The molecule has 0 aromatic heterocycles. The molecule has 0 radical (unpaired) electrons. The molecule has 0 fully saturated rings. The average molecular weight is 530 g/mol. The largest absolute Gasteiger partial charge is 4.00 e. The third kappa shape index (κ3) is 19.2. The standard InChI is InChI=1S/C18H18.C9H7.3C2H6N.Ti/c1-15-7-11-17(12-8-15)5-3-4-6-18-13-9-16(2)10-14-18;1-2-5-9-7-3-6-8(9)4-1;3*1-3-2;/h3-14H,1-2H3;1-7H;3*1-2H3;/q;4*-1;+4. The Hall–Kier alpha value is -2.66. The molecular weight excluding hydrogens is 486 g/mol. The van der Waals surface area contributed by atoms with Crippen LogP contribution in [0.4, 0.5) is 0 Å². The van der Waals surface area contributed by atoms with Crippen molar-refractivity contribution >= 4 is 22.9 Å². The van der Waals surface area contributed by atoms with Crippen molar-refractivity contribution in [3.63, 3.8) is 0 Å². The van der Waals surface area contributed by atoms with Crippen molar-refractivity contribution in [1.29, 1.82) is 0 Å². The fourth-order valence-corrected chi connectivity index (χ4v) is 2.76. The first-order valence-corrected chi connectivity index (χ1v) is 12.0. The summed E-state index contributed by atoms with van der Waals surface area (Å²) >= 11 is 0. The summed E-state index contributed by atoms with van der Waals surface area (Å²) < 4.78 is 0. The van der Waals surface area contributed by atoms with Gasteiger partial charge in [0.2, 0.25) is 0 Å². The zero-order valence-electron chi connectivity index (χ0n) is 23.8. The monoisotopic (exact) mass is 529 g/mol. The molecule has 0 atom stereocenters. The van der Waals surface area contributed by atoms with E-state index >= 15 is 0 Å². The number of aryl methyl sites for hydroxylation is 2. The predicted octanol–water partition coefficient (Wildman–Crippen LogP) is 9.45. The molecule has 4 heteroatoms. The van der Waals surface area contributed by atoms with Crippen LogP contribution < -0.4 is 0 Å². The second kappa shape index (κ2) is 25.0. The van der Waals surface area contributed by atoms with Crippen LogP contribution in [0.2, 0.25) is 0 Å². The molecule has 0 amide bonds. The van der Waals surface area contributed by atoms with Gasteiger partial charge in [-0.2, -0.15) is 59.8 Å². The van der Waals surface area contributed by atoms with Gasteiger partial charge in [0.05, 0.1) is 0 Å². The molecule has 37 heavy (non-hydrogen) atoms. The van der Waals surface area contributed by atoms with E-state index in [1.165, 1.54) is 33.0 Å². The van der Waals surface area contributed by atoms with Crippen LogP contribution in [0.5, 0.6) is 0 Å². The van der Waals surface area contributed by atoms with E-state index in [4.69, 9.17) is 0 Å². The van der Waals surface area contributed by atoms with Crippen molar-refractivity contribution in [2.24, 2.45) is 0 Å². The van der Waals surface area contributed by atoms with E-state index in [0.717, 1.165) is 0 Å². The van der Waals surface area contributed by atoms with Gasteiger partial charge in [-0.05, 0) is 25.0 Å². The maximum atomic E-state index is 3.50. The first-order valence-electron chi connectivity index (χ1n) is 12.0. The van der Waals surface area contributed by atoms with Crippen LogP contribution in [0.1, 0.15) is 22.3 Å². The van der Waals surface area contributed by atoms with E-state index < -0.39 is 0 Å². The molecule has 0 N–H and O–H groups in total.